The SMILES string of the molecule is CC1CCN(CC(CN)c2ccccc2)CC1. The second-order valence-corrected chi connectivity index (χ2v) is 5.33. The van der Waals surface area contributed by atoms with E-state index in [9.17, 15) is 0 Å². The minimum atomic E-state index is 0.490. The molecular weight excluding hydrogens is 208 g/mol. The molecule has 1 aliphatic heterocycles. The predicted octanol–water partition coefficient (Wildman–Crippen LogP) is 2.46. The van der Waals surface area contributed by atoms with Crippen LogP contribution in [0.1, 0.15) is 31.2 Å². The van der Waals surface area contributed by atoms with Gasteiger partial charge in [-0.25, -0.2) is 0 Å². The number of hydrogen-bond acceptors (Lipinski definition) is 2. The number of nitrogens with zero attached hydrogens (tertiary/aromatic N) is 1. The van der Waals surface area contributed by atoms with E-state index in [1.165, 1.54) is 31.5 Å². The number of benzene rings is 1. The van der Waals surface area contributed by atoms with Crippen LogP contribution in [0.3, 0.4) is 0 Å². The molecule has 1 heterocycles. The molecule has 2 heteroatoms. The van der Waals surface area contributed by atoms with Crippen molar-refractivity contribution < 1.29 is 0 Å². The number of piperidine rings is 1. The fourth-order valence-corrected chi connectivity index (χ4v) is 2.60. The third-order valence-electron chi connectivity index (χ3n) is 3.91. The second-order valence-electron chi connectivity index (χ2n) is 5.33. The quantitative estimate of drug-likeness (QED) is 0.864. The summed E-state index contributed by atoms with van der Waals surface area (Å²) in [5.74, 6) is 1.39. The van der Waals surface area contributed by atoms with E-state index < -0.39 is 0 Å². The largest absolute Gasteiger partial charge is 0.330 e. The third kappa shape index (κ3) is 3.55. The molecule has 94 valence electrons. The molecular formula is C15H24N2. The highest BCUT2D eigenvalue weighted by atomic mass is 15.1. The van der Waals surface area contributed by atoms with Gasteiger partial charge in [0.1, 0.15) is 0 Å². The van der Waals surface area contributed by atoms with Gasteiger partial charge in [0.2, 0.25) is 0 Å². The first kappa shape index (κ1) is 12.6. The lowest BCUT2D eigenvalue weighted by Crippen LogP contribution is -2.37. The maximum Gasteiger partial charge on any atom is 0.00888 e. The molecule has 0 bridgehead atoms. The Morgan fingerprint density at radius 1 is 1.24 bits per heavy atom. The topological polar surface area (TPSA) is 29.3 Å². The molecule has 1 aromatic carbocycles. The first-order valence-electron chi connectivity index (χ1n) is 6.77. The normalized spacial score (nSPS) is 20.4. The van der Waals surface area contributed by atoms with Gasteiger partial charge in [0.25, 0.3) is 0 Å². The Bertz CT molecular complexity index is 315. The van der Waals surface area contributed by atoms with Crippen molar-refractivity contribution in [3.8, 4) is 0 Å². The van der Waals surface area contributed by atoms with Gasteiger partial charge in [0, 0.05) is 19.0 Å². The molecule has 1 fully saturated rings. The predicted molar refractivity (Wildman–Crippen MR) is 73.1 cm³/mol. The van der Waals surface area contributed by atoms with Crippen LogP contribution in [0, 0.1) is 5.92 Å². The zero-order valence-electron chi connectivity index (χ0n) is 10.8. The Morgan fingerprint density at radius 3 is 2.47 bits per heavy atom. The highest BCUT2D eigenvalue weighted by Crippen LogP contribution is 2.20. The molecule has 0 saturated carbocycles. The van der Waals surface area contributed by atoms with Crippen molar-refractivity contribution in [2.75, 3.05) is 26.2 Å². The van der Waals surface area contributed by atoms with E-state index in [4.69, 9.17) is 5.73 Å². The van der Waals surface area contributed by atoms with Crippen LogP contribution in [0.25, 0.3) is 0 Å². The highest BCUT2D eigenvalue weighted by Gasteiger charge is 2.19. The molecule has 1 atom stereocenters. The van der Waals surface area contributed by atoms with Crippen LogP contribution in [0.5, 0.6) is 0 Å². The average Bonchev–Trinajstić information content (AvgIpc) is 2.39. The van der Waals surface area contributed by atoms with Crippen LogP contribution in [0.15, 0.2) is 30.3 Å². The third-order valence-corrected chi connectivity index (χ3v) is 3.91. The first-order valence-corrected chi connectivity index (χ1v) is 6.77. The van der Waals surface area contributed by atoms with Crippen LogP contribution in [-0.2, 0) is 0 Å². The summed E-state index contributed by atoms with van der Waals surface area (Å²) in [6, 6.07) is 10.7. The number of nitrogens with two attached hydrogens (primary N) is 1. The lowest BCUT2D eigenvalue weighted by Gasteiger charge is -2.32. The van der Waals surface area contributed by atoms with E-state index in [1.54, 1.807) is 0 Å². The number of likely N-dealkylation sites (tertiary alicyclic amines) is 1. The Kier molecular flexibility index (Phi) is 4.57. The molecule has 2 rings (SSSR count). The van der Waals surface area contributed by atoms with Crippen LogP contribution < -0.4 is 5.73 Å². The van der Waals surface area contributed by atoms with Crippen molar-refractivity contribution in [1.29, 1.82) is 0 Å². The van der Waals surface area contributed by atoms with E-state index in [0.717, 1.165) is 19.0 Å². The second kappa shape index (κ2) is 6.18. The maximum absolute atomic E-state index is 5.92. The molecule has 1 unspecified atom stereocenters. The number of rotatable bonds is 4. The summed E-state index contributed by atoms with van der Waals surface area (Å²) in [5.41, 5.74) is 7.31. The highest BCUT2D eigenvalue weighted by molar-refractivity contribution is 5.20. The summed E-state index contributed by atoms with van der Waals surface area (Å²) in [4.78, 5) is 2.57. The molecule has 0 aliphatic carbocycles. The van der Waals surface area contributed by atoms with Crippen molar-refractivity contribution in [3.63, 3.8) is 0 Å². The van der Waals surface area contributed by atoms with Gasteiger partial charge in [-0.1, -0.05) is 37.3 Å². The maximum atomic E-state index is 5.92. The van der Waals surface area contributed by atoms with Gasteiger partial charge in [-0.3, -0.25) is 0 Å². The van der Waals surface area contributed by atoms with Gasteiger partial charge in [-0.2, -0.15) is 0 Å². The molecule has 0 aromatic heterocycles. The van der Waals surface area contributed by atoms with E-state index in [0.29, 0.717) is 5.92 Å². The van der Waals surface area contributed by atoms with E-state index in [1.807, 2.05) is 0 Å². The van der Waals surface area contributed by atoms with Crippen LogP contribution in [0.2, 0.25) is 0 Å². The monoisotopic (exact) mass is 232 g/mol. The Hall–Kier alpha value is -0.860. The minimum Gasteiger partial charge on any atom is -0.330 e. The van der Waals surface area contributed by atoms with Gasteiger partial charge >= 0.3 is 0 Å². The minimum absolute atomic E-state index is 0.490. The van der Waals surface area contributed by atoms with Crippen molar-refractivity contribution in [2.24, 2.45) is 11.7 Å². The fourth-order valence-electron chi connectivity index (χ4n) is 2.60. The summed E-state index contributed by atoms with van der Waals surface area (Å²) in [6.07, 6.45) is 2.68. The molecule has 1 saturated heterocycles. The van der Waals surface area contributed by atoms with Crippen molar-refractivity contribution in [2.45, 2.75) is 25.7 Å². The lowest BCUT2D eigenvalue weighted by atomic mass is 9.95. The first-order chi connectivity index (χ1) is 8.29. The molecule has 17 heavy (non-hydrogen) atoms. The van der Waals surface area contributed by atoms with Gasteiger partial charge in [-0.15, -0.1) is 0 Å². The molecule has 0 amide bonds. The molecule has 2 nitrogen and oxygen atoms in total. The molecule has 0 spiro atoms. The standard InChI is InChI=1S/C15H24N2/c1-13-7-9-17(10-8-13)12-15(11-16)14-5-3-2-4-6-14/h2-6,13,15H,7-12,16H2,1H3. The molecule has 2 N–H and O–H groups in total. The van der Waals surface area contributed by atoms with E-state index in [-0.39, 0.29) is 0 Å². The van der Waals surface area contributed by atoms with Crippen LogP contribution in [-0.4, -0.2) is 31.1 Å². The zero-order valence-corrected chi connectivity index (χ0v) is 10.8. The summed E-state index contributed by atoms with van der Waals surface area (Å²) in [5, 5.41) is 0. The molecule has 1 aromatic rings. The van der Waals surface area contributed by atoms with E-state index in [2.05, 4.69) is 42.2 Å². The van der Waals surface area contributed by atoms with Gasteiger partial charge in [-0.05, 0) is 37.4 Å². The summed E-state index contributed by atoms with van der Waals surface area (Å²) >= 11 is 0. The lowest BCUT2D eigenvalue weighted by molar-refractivity contribution is 0.183. The Morgan fingerprint density at radius 2 is 1.88 bits per heavy atom. The molecule has 0 radical (unpaired) electrons. The number of hydrogen-bond donors (Lipinski definition) is 1. The fraction of sp³-hybridized carbons (Fsp3) is 0.600. The van der Waals surface area contributed by atoms with Crippen molar-refractivity contribution in [1.82, 2.24) is 4.90 Å². The van der Waals surface area contributed by atoms with E-state index >= 15 is 0 Å². The molecule has 1 aliphatic rings. The average molecular weight is 232 g/mol. The van der Waals surface area contributed by atoms with Gasteiger partial charge in [0.05, 0.1) is 0 Å². The van der Waals surface area contributed by atoms with Crippen LogP contribution in [0.4, 0.5) is 0 Å². The summed E-state index contributed by atoms with van der Waals surface area (Å²) < 4.78 is 0. The summed E-state index contributed by atoms with van der Waals surface area (Å²) in [6.45, 7) is 6.70. The smallest absolute Gasteiger partial charge is 0.00888 e. The van der Waals surface area contributed by atoms with Gasteiger partial charge < -0.3 is 10.6 Å². The zero-order chi connectivity index (χ0) is 12.1. The van der Waals surface area contributed by atoms with Crippen LogP contribution >= 0.6 is 0 Å². The summed E-state index contributed by atoms with van der Waals surface area (Å²) in [7, 11) is 0. The van der Waals surface area contributed by atoms with Gasteiger partial charge in [0.15, 0.2) is 0 Å². The van der Waals surface area contributed by atoms with Crippen molar-refractivity contribution >= 4 is 0 Å². The van der Waals surface area contributed by atoms with Crippen molar-refractivity contribution in [3.05, 3.63) is 35.9 Å². The Balaban J connectivity index is 1.92. The Labute approximate surface area is 105 Å².